The Bertz CT molecular complexity index is 523. The number of hydrogen-bond acceptors (Lipinski definition) is 4. The molecule has 6 heteroatoms. The number of benzene rings is 1. The lowest BCUT2D eigenvalue weighted by molar-refractivity contribution is -0.142. The Morgan fingerprint density at radius 3 is 2.85 bits per heavy atom. The predicted octanol–water partition coefficient (Wildman–Crippen LogP) is 2.09. The highest BCUT2D eigenvalue weighted by Gasteiger charge is 2.43. The zero-order chi connectivity index (χ0) is 14.9. The summed E-state index contributed by atoms with van der Waals surface area (Å²) in [6.45, 7) is 2.93. The number of phenols is 1. The first-order chi connectivity index (χ1) is 9.37. The van der Waals surface area contributed by atoms with Crippen LogP contribution in [0.1, 0.15) is 31.4 Å². The molecule has 110 valence electrons. The Morgan fingerprint density at radius 2 is 2.30 bits per heavy atom. The summed E-state index contributed by atoms with van der Waals surface area (Å²) in [5.74, 6) is -0.738. The highest BCUT2D eigenvalue weighted by molar-refractivity contribution is 9.10. The SMILES string of the molecule is CCC(c1cc(Br)ccc1O)N1CCC(N)(C(=O)O)C1. The monoisotopic (exact) mass is 342 g/mol. The summed E-state index contributed by atoms with van der Waals surface area (Å²) < 4.78 is 0.889. The molecule has 4 N–H and O–H groups in total. The Hall–Kier alpha value is -1.11. The van der Waals surface area contributed by atoms with E-state index < -0.39 is 11.5 Å². The normalized spacial score (nSPS) is 24.8. The molecule has 2 rings (SSSR count). The molecule has 1 aromatic rings. The van der Waals surface area contributed by atoms with E-state index in [2.05, 4.69) is 15.9 Å². The molecule has 0 spiro atoms. The summed E-state index contributed by atoms with van der Waals surface area (Å²) in [4.78, 5) is 13.3. The molecule has 1 aromatic carbocycles. The van der Waals surface area contributed by atoms with Gasteiger partial charge in [0.2, 0.25) is 0 Å². The fraction of sp³-hybridized carbons (Fsp3) is 0.500. The van der Waals surface area contributed by atoms with E-state index in [-0.39, 0.29) is 11.8 Å². The van der Waals surface area contributed by atoms with Crippen LogP contribution in [0.2, 0.25) is 0 Å². The molecule has 0 aromatic heterocycles. The minimum atomic E-state index is -1.19. The summed E-state index contributed by atoms with van der Waals surface area (Å²) in [5.41, 5.74) is 5.53. The van der Waals surface area contributed by atoms with Gasteiger partial charge in [-0.2, -0.15) is 0 Å². The van der Waals surface area contributed by atoms with Crippen molar-refractivity contribution in [3.05, 3.63) is 28.2 Å². The lowest BCUT2D eigenvalue weighted by Crippen LogP contribution is -2.50. The second-order valence-corrected chi connectivity index (χ2v) is 6.22. The number of nitrogens with two attached hydrogens (primary N) is 1. The Labute approximate surface area is 126 Å². The number of carbonyl (C=O) groups is 1. The highest BCUT2D eigenvalue weighted by atomic mass is 79.9. The maximum atomic E-state index is 11.2. The number of carboxylic acid groups (broad SMARTS) is 1. The molecule has 0 bridgehead atoms. The number of aromatic hydroxyl groups is 1. The first kappa shape index (κ1) is 15.3. The zero-order valence-electron chi connectivity index (χ0n) is 11.3. The lowest BCUT2D eigenvalue weighted by Gasteiger charge is -2.29. The molecule has 0 aliphatic carbocycles. The van der Waals surface area contributed by atoms with E-state index in [9.17, 15) is 15.0 Å². The van der Waals surface area contributed by atoms with Gasteiger partial charge in [0.25, 0.3) is 0 Å². The molecule has 1 saturated heterocycles. The van der Waals surface area contributed by atoms with Crippen LogP contribution in [-0.4, -0.2) is 39.7 Å². The van der Waals surface area contributed by atoms with E-state index in [1.54, 1.807) is 12.1 Å². The van der Waals surface area contributed by atoms with E-state index in [0.29, 0.717) is 19.5 Å². The van der Waals surface area contributed by atoms with Crippen molar-refractivity contribution in [3.63, 3.8) is 0 Å². The molecule has 2 atom stereocenters. The van der Waals surface area contributed by atoms with Gasteiger partial charge in [-0.25, -0.2) is 0 Å². The van der Waals surface area contributed by atoms with E-state index in [4.69, 9.17) is 5.73 Å². The van der Waals surface area contributed by atoms with Crippen molar-refractivity contribution in [1.29, 1.82) is 0 Å². The van der Waals surface area contributed by atoms with Gasteiger partial charge in [-0.1, -0.05) is 22.9 Å². The van der Waals surface area contributed by atoms with Crippen LogP contribution in [0, 0.1) is 0 Å². The van der Waals surface area contributed by atoms with Gasteiger partial charge in [0.15, 0.2) is 0 Å². The molecule has 0 saturated carbocycles. The average molecular weight is 343 g/mol. The molecule has 0 radical (unpaired) electrons. The second-order valence-electron chi connectivity index (χ2n) is 5.31. The second kappa shape index (κ2) is 5.71. The molecular formula is C14H19BrN2O3. The van der Waals surface area contributed by atoms with Crippen molar-refractivity contribution < 1.29 is 15.0 Å². The van der Waals surface area contributed by atoms with Gasteiger partial charge in [0, 0.05) is 29.2 Å². The molecule has 20 heavy (non-hydrogen) atoms. The number of rotatable bonds is 4. The van der Waals surface area contributed by atoms with Crippen molar-refractivity contribution in [3.8, 4) is 5.75 Å². The Morgan fingerprint density at radius 1 is 1.60 bits per heavy atom. The van der Waals surface area contributed by atoms with E-state index >= 15 is 0 Å². The summed E-state index contributed by atoms with van der Waals surface area (Å²) in [5, 5.41) is 19.2. The third-order valence-electron chi connectivity index (χ3n) is 3.93. The van der Waals surface area contributed by atoms with Crippen LogP contribution in [0.5, 0.6) is 5.75 Å². The van der Waals surface area contributed by atoms with Gasteiger partial charge < -0.3 is 15.9 Å². The minimum Gasteiger partial charge on any atom is -0.508 e. The predicted molar refractivity (Wildman–Crippen MR) is 79.6 cm³/mol. The smallest absolute Gasteiger partial charge is 0.325 e. The first-order valence-electron chi connectivity index (χ1n) is 6.62. The van der Waals surface area contributed by atoms with Gasteiger partial charge in [-0.05, 0) is 31.0 Å². The van der Waals surface area contributed by atoms with Gasteiger partial charge in [0.1, 0.15) is 11.3 Å². The fourth-order valence-corrected chi connectivity index (χ4v) is 3.15. The molecule has 0 amide bonds. The quantitative estimate of drug-likeness (QED) is 0.779. The van der Waals surface area contributed by atoms with Crippen LogP contribution in [-0.2, 0) is 4.79 Å². The number of hydrogen-bond donors (Lipinski definition) is 3. The number of aliphatic carboxylic acids is 1. The van der Waals surface area contributed by atoms with Gasteiger partial charge in [0.05, 0.1) is 0 Å². The molecular weight excluding hydrogens is 324 g/mol. The van der Waals surface area contributed by atoms with Crippen LogP contribution in [0.15, 0.2) is 22.7 Å². The molecule has 1 aliphatic rings. The summed E-state index contributed by atoms with van der Waals surface area (Å²) in [6, 6.07) is 5.27. The fourth-order valence-electron chi connectivity index (χ4n) is 2.77. The number of likely N-dealkylation sites (tertiary alicyclic amines) is 1. The summed E-state index contributed by atoms with van der Waals surface area (Å²) in [7, 11) is 0. The van der Waals surface area contributed by atoms with Gasteiger partial charge in [-0.15, -0.1) is 0 Å². The van der Waals surface area contributed by atoms with Gasteiger partial charge >= 0.3 is 5.97 Å². The van der Waals surface area contributed by atoms with E-state index in [1.165, 1.54) is 0 Å². The zero-order valence-corrected chi connectivity index (χ0v) is 12.9. The number of phenolic OH excluding ortho intramolecular Hbond substituents is 1. The summed E-state index contributed by atoms with van der Waals surface area (Å²) in [6.07, 6.45) is 1.20. The number of carboxylic acids is 1. The number of nitrogens with zero attached hydrogens (tertiary/aromatic N) is 1. The van der Waals surface area contributed by atoms with Crippen molar-refractivity contribution in [2.24, 2.45) is 5.73 Å². The van der Waals surface area contributed by atoms with Crippen LogP contribution < -0.4 is 5.73 Å². The van der Waals surface area contributed by atoms with Gasteiger partial charge in [-0.3, -0.25) is 9.69 Å². The number of halogens is 1. The Balaban J connectivity index is 2.26. The standard InChI is InChI=1S/C14H19BrN2O3/c1-2-11(10-7-9(15)3-4-12(10)18)17-6-5-14(16,8-17)13(19)20/h3-4,7,11,18H,2,5-6,8,16H2,1H3,(H,19,20). The van der Waals surface area contributed by atoms with Crippen molar-refractivity contribution in [2.75, 3.05) is 13.1 Å². The first-order valence-corrected chi connectivity index (χ1v) is 7.41. The molecule has 2 unspecified atom stereocenters. The highest BCUT2D eigenvalue weighted by Crippen LogP contribution is 2.36. The van der Waals surface area contributed by atoms with Crippen molar-refractivity contribution >= 4 is 21.9 Å². The maximum Gasteiger partial charge on any atom is 0.325 e. The largest absolute Gasteiger partial charge is 0.508 e. The van der Waals surface area contributed by atoms with Crippen LogP contribution in [0.25, 0.3) is 0 Å². The maximum absolute atomic E-state index is 11.2. The Kier molecular flexibility index (Phi) is 4.36. The topological polar surface area (TPSA) is 86.8 Å². The van der Waals surface area contributed by atoms with E-state index in [1.807, 2.05) is 17.9 Å². The third kappa shape index (κ3) is 2.82. The van der Waals surface area contributed by atoms with Crippen LogP contribution in [0.3, 0.4) is 0 Å². The molecule has 1 aliphatic heterocycles. The molecule has 1 heterocycles. The molecule has 5 nitrogen and oxygen atoms in total. The van der Waals surface area contributed by atoms with Crippen LogP contribution >= 0.6 is 15.9 Å². The van der Waals surface area contributed by atoms with Crippen molar-refractivity contribution in [2.45, 2.75) is 31.3 Å². The van der Waals surface area contributed by atoms with Crippen LogP contribution in [0.4, 0.5) is 0 Å². The molecule has 1 fully saturated rings. The minimum absolute atomic E-state index is 0.0303. The van der Waals surface area contributed by atoms with Crippen molar-refractivity contribution in [1.82, 2.24) is 4.90 Å². The van der Waals surface area contributed by atoms with E-state index in [0.717, 1.165) is 16.5 Å². The average Bonchev–Trinajstić information content (AvgIpc) is 2.79. The lowest BCUT2D eigenvalue weighted by atomic mass is 10.00. The third-order valence-corrected chi connectivity index (χ3v) is 4.43. The summed E-state index contributed by atoms with van der Waals surface area (Å²) >= 11 is 3.40.